The molecule has 0 aliphatic heterocycles. The largest absolute Gasteiger partial charge is 0.481 e. The Hall–Kier alpha value is -6.47. The lowest BCUT2D eigenvalue weighted by atomic mass is 10.0. The standard InChI is InChI=1S/C40H69N13O16S2/c1-17(2)13-25(34(63)45-14-27(55)48-26(16-71)39(68)69)52-38(67)30(20(5)54)53-37(66)22(7-6-12-44-40(42)43)50-36(65)24(9-11-29(58)59)51-35(64)23(8-10-28(56)57)49-32(61)19(4)46-31(60)18(3)47-33(62)21(41)15-70/h17-26,30,54,70-71H,6-16,41H2,1-5H3,(H,45,63)(H,46,60)(H,47,62)(H,48,55)(H,49,61)(H,50,65)(H,51,64)(H,52,67)(H,53,66)(H,56,57)(H,58,59)(H,68,69)(H4,42,43,44)/t18-,19-,20+,21-,22-,23-,24-,25-,26-,30-/m0/s1. The molecular formula is C40H69N13O16S2. The fourth-order valence-corrected chi connectivity index (χ4v) is 6.32. The summed E-state index contributed by atoms with van der Waals surface area (Å²) >= 11 is 7.77. The zero-order valence-electron chi connectivity index (χ0n) is 39.9. The molecule has 29 nitrogen and oxygen atoms in total. The fraction of sp³-hybridized carbons (Fsp3) is 0.675. The summed E-state index contributed by atoms with van der Waals surface area (Å²) in [5, 5.41) is 59.4. The number of guanidine groups is 1. The van der Waals surface area contributed by atoms with Crippen molar-refractivity contribution in [2.75, 3.05) is 24.6 Å². The Balaban J connectivity index is 6.56. The number of aliphatic imine (C=N–C) groups is 1. The number of hydrogen-bond donors (Lipinski definition) is 18. The van der Waals surface area contributed by atoms with Crippen LogP contribution in [0.1, 0.15) is 79.6 Å². The van der Waals surface area contributed by atoms with Gasteiger partial charge in [0.05, 0.1) is 18.7 Å². The number of carbonyl (C=O) groups is 12. The molecule has 0 fully saturated rings. The molecule has 0 bridgehead atoms. The van der Waals surface area contributed by atoms with E-state index >= 15 is 0 Å². The van der Waals surface area contributed by atoms with Gasteiger partial charge in [0.15, 0.2) is 5.96 Å². The van der Waals surface area contributed by atoms with E-state index in [0.717, 1.165) is 6.92 Å². The van der Waals surface area contributed by atoms with Crippen LogP contribution >= 0.6 is 25.3 Å². The van der Waals surface area contributed by atoms with Crippen LogP contribution in [0.15, 0.2) is 4.99 Å². The van der Waals surface area contributed by atoms with Gasteiger partial charge in [-0.15, -0.1) is 0 Å². The van der Waals surface area contributed by atoms with Crippen molar-refractivity contribution in [1.82, 2.24) is 47.9 Å². The molecule has 0 saturated heterocycles. The third kappa shape index (κ3) is 26.4. The Bertz CT molecular complexity index is 1920. The van der Waals surface area contributed by atoms with Crippen molar-refractivity contribution in [3.05, 3.63) is 0 Å². The number of carbonyl (C=O) groups excluding carboxylic acids is 9. The molecule has 19 N–H and O–H groups in total. The second kappa shape index (κ2) is 33.2. The molecule has 0 aliphatic rings. The number of nitrogens with zero attached hydrogens (tertiary/aromatic N) is 1. The van der Waals surface area contributed by atoms with Crippen molar-refractivity contribution in [3.63, 3.8) is 0 Å². The van der Waals surface area contributed by atoms with Gasteiger partial charge in [0, 0.05) is 30.9 Å². The van der Waals surface area contributed by atoms with Gasteiger partial charge in [-0.05, 0) is 58.8 Å². The van der Waals surface area contributed by atoms with E-state index in [1.807, 2.05) is 0 Å². The molecule has 9 amide bonds. The predicted molar refractivity (Wildman–Crippen MR) is 258 cm³/mol. The molecule has 0 aliphatic carbocycles. The van der Waals surface area contributed by atoms with Crippen LogP contribution in [0, 0.1) is 5.92 Å². The highest BCUT2D eigenvalue weighted by molar-refractivity contribution is 7.80. The summed E-state index contributed by atoms with van der Waals surface area (Å²) in [4.78, 5) is 157. The molecule has 10 atom stereocenters. The summed E-state index contributed by atoms with van der Waals surface area (Å²) in [6, 6.07) is -13.3. The zero-order valence-corrected chi connectivity index (χ0v) is 41.7. The van der Waals surface area contributed by atoms with Crippen molar-refractivity contribution in [2.45, 2.75) is 140 Å². The van der Waals surface area contributed by atoms with Crippen molar-refractivity contribution in [1.29, 1.82) is 0 Å². The van der Waals surface area contributed by atoms with Crippen molar-refractivity contribution < 1.29 is 78.0 Å². The molecule has 71 heavy (non-hydrogen) atoms. The first kappa shape index (κ1) is 64.5. The minimum atomic E-state index is -1.82. The number of aliphatic hydroxyl groups is 1. The molecule has 402 valence electrons. The first-order valence-corrected chi connectivity index (χ1v) is 23.4. The SMILES string of the molecule is CC(C)C[C@H](NC(=O)[C@@H](NC(=O)[C@H](CCCN=C(N)N)NC(=O)[C@H](CCC(=O)O)NC(=O)[C@H](CCC(=O)O)NC(=O)[C@H](C)NC(=O)[C@H](C)NC(=O)[C@@H](N)CS)[C@@H](C)O)C(=O)NCC(=O)N[C@@H](CS)C(=O)O. The number of nitrogens with one attached hydrogen (secondary N) is 9. The second-order valence-electron chi connectivity index (χ2n) is 16.5. The van der Waals surface area contributed by atoms with Crippen molar-refractivity contribution >= 4 is 102 Å². The van der Waals surface area contributed by atoms with E-state index in [9.17, 15) is 78.0 Å². The molecule has 0 aromatic heterocycles. The quantitative estimate of drug-likeness (QED) is 0.0123. The Kier molecular flexibility index (Phi) is 30.2. The lowest BCUT2D eigenvalue weighted by Crippen LogP contribution is -2.61. The third-order valence-corrected chi connectivity index (χ3v) is 10.6. The van der Waals surface area contributed by atoms with Crippen LogP contribution in [-0.4, -0.2) is 183 Å². The van der Waals surface area contributed by atoms with E-state index < -0.39 is 164 Å². The maximum absolute atomic E-state index is 13.9. The third-order valence-electron chi connectivity index (χ3n) is 9.82. The molecule has 0 aromatic carbocycles. The minimum absolute atomic E-state index is 0.0221. The summed E-state index contributed by atoms with van der Waals surface area (Å²) in [7, 11) is 0. The normalized spacial score (nSPS) is 15.1. The summed E-state index contributed by atoms with van der Waals surface area (Å²) in [5.74, 6) is -14.0. The molecule has 0 aromatic rings. The number of thiol groups is 2. The molecule has 0 rings (SSSR count). The first-order chi connectivity index (χ1) is 33.0. The van der Waals surface area contributed by atoms with E-state index in [4.69, 9.17) is 17.2 Å². The van der Waals surface area contributed by atoms with Crippen LogP contribution in [0.3, 0.4) is 0 Å². The van der Waals surface area contributed by atoms with E-state index in [0.29, 0.717) is 0 Å². The number of carboxylic acids is 3. The highest BCUT2D eigenvalue weighted by Gasteiger charge is 2.35. The highest BCUT2D eigenvalue weighted by atomic mass is 32.1. The van der Waals surface area contributed by atoms with E-state index in [1.54, 1.807) is 13.8 Å². The first-order valence-electron chi connectivity index (χ1n) is 22.1. The number of rotatable bonds is 34. The highest BCUT2D eigenvalue weighted by Crippen LogP contribution is 2.10. The second-order valence-corrected chi connectivity index (χ2v) is 17.3. The molecular weight excluding hydrogens is 983 g/mol. The molecule has 0 radical (unpaired) electrons. The minimum Gasteiger partial charge on any atom is -0.481 e. The van der Waals surface area contributed by atoms with E-state index in [2.05, 4.69) is 78.1 Å². The van der Waals surface area contributed by atoms with Crippen molar-refractivity contribution in [2.24, 2.45) is 28.1 Å². The number of hydrogen-bond acceptors (Lipinski definition) is 17. The van der Waals surface area contributed by atoms with Gasteiger partial charge in [0.2, 0.25) is 53.2 Å². The average Bonchev–Trinajstić information content (AvgIpc) is 3.28. The molecule has 31 heteroatoms. The van der Waals surface area contributed by atoms with Crippen LogP contribution in [0.2, 0.25) is 0 Å². The van der Waals surface area contributed by atoms with Crippen LogP contribution in [0.5, 0.6) is 0 Å². The van der Waals surface area contributed by atoms with Gasteiger partial charge in [0.1, 0.15) is 48.3 Å². The lowest BCUT2D eigenvalue weighted by Gasteiger charge is -2.28. The molecule has 0 saturated carbocycles. The van der Waals surface area contributed by atoms with Gasteiger partial charge in [-0.3, -0.25) is 57.7 Å². The Morgan fingerprint density at radius 1 is 0.535 bits per heavy atom. The van der Waals surface area contributed by atoms with Gasteiger partial charge in [-0.2, -0.15) is 25.3 Å². The summed E-state index contributed by atoms with van der Waals surface area (Å²) in [6.07, 6.45) is -4.66. The van der Waals surface area contributed by atoms with Gasteiger partial charge >= 0.3 is 17.9 Å². The monoisotopic (exact) mass is 1050 g/mol. The predicted octanol–water partition coefficient (Wildman–Crippen LogP) is -6.50. The molecule has 0 heterocycles. The molecule has 0 unspecified atom stereocenters. The van der Waals surface area contributed by atoms with E-state index in [-0.39, 0.29) is 49.2 Å². The van der Waals surface area contributed by atoms with Gasteiger partial charge in [-0.25, -0.2) is 4.79 Å². The summed E-state index contributed by atoms with van der Waals surface area (Å²) < 4.78 is 0. The van der Waals surface area contributed by atoms with Crippen LogP contribution in [0.25, 0.3) is 0 Å². The van der Waals surface area contributed by atoms with Gasteiger partial charge in [0.25, 0.3) is 0 Å². The summed E-state index contributed by atoms with van der Waals surface area (Å²) in [5.41, 5.74) is 16.4. The molecule has 0 spiro atoms. The number of amides is 9. The maximum Gasteiger partial charge on any atom is 0.327 e. The zero-order chi connectivity index (χ0) is 54.7. The number of nitrogens with two attached hydrogens (primary N) is 3. The van der Waals surface area contributed by atoms with Crippen LogP contribution < -0.4 is 65.1 Å². The number of aliphatic hydroxyl groups excluding tert-OH is 1. The Morgan fingerprint density at radius 2 is 0.986 bits per heavy atom. The van der Waals surface area contributed by atoms with Gasteiger partial charge < -0.3 is 85.5 Å². The maximum atomic E-state index is 13.9. The fourth-order valence-electron chi connectivity index (χ4n) is 5.90. The topological polar surface area (TPSA) is 484 Å². The lowest BCUT2D eigenvalue weighted by molar-refractivity contribution is -0.141. The summed E-state index contributed by atoms with van der Waals surface area (Å²) in [6.45, 7) is 6.22. The Labute approximate surface area is 419 Å². The van der Waals surface area contributed by atoms with E-state index in [1.165, 1.54) is 13.8 Å². The van der Waals surface area contributed by atoms with Gasteiger partial charge in [-0.1, -0.05) is 13.8 Å². The van der Waals surface area contributed by atoms with Crippen LogP contribution in [-0.2, 0) is 57.5 Å². The smallest absolute Gasteiger partial charge is 0.327 e. The average molecular weight is 1050 g/mol. The van der Waals surface area contributed by atoms with Crippen molar-refractivity contribution in [3.8, 4) is 0 Å². The number of carboxylic acid groups (broad SMARTS) is 3. The number of aliphatic carboxylic acids is 3. The Morgan fingerprint density at radius 3 is 1.42 bits per heavy atom. The van der Waals surface area contributed by atoms with Crippen LogP contribution in [0.4, 0.5) is 0 Å².